The van der Waals surface area contributed by atoms with Gasteiger partial charge in [0.15, 0.2) is 0 Å². The van der Waals surface area contributed by atoms with Crippen LogP contribution in [0.3, 0.4) is 0 Å². The van der Waals surface area contributed by atoms with Gasteiger partial charge in [-0.25, -0.2) is 4.98 Å². The number of anilines is 2. The average Bonchev–Trinajstić information content (AvgIpc) is 2.80. The van der Waals surface area contributed by atoms with Crippen LogP contribution in [0.25, 0.3) is 0 Å². The number of imidazole rings is 1. The Balaban J connectivity index is 1.93. The molecule has 3 N–H and O–H groups in total. The lowest BCUT2D eigenvalue weighted by Gasteiger charge is -2.10. The van der Waals surface area contributed by atoms with Crippen molar-refractivity contribution in [2.24, 2.45) is 0 Å². The predicted molar refractivity (Wildman–Crippen MR) is 70.7 cm³/mol. The Morgan fingerprint density at radius 2 is 2.21 bits per heavy atom. The van der Waals surface area contributed by atoms with Crippen molar-refractivity contribution < 1.29 is 4.74 Å². The van der Waals surface area contributed by atoms with E-state index in [1.165, 1.54) is 0 Å². The number of rotatable bonds is 6. The molecule has 0 unspecified atom stereocenters. The van der Waals surface area contributed by atoms with E-state index in [0.29, 0.717) is 12.5 Å². The van der Waals surface area contributed by atoms with Crippen molar-refractivity contribution in [2.45, 2.75) is 26.5 Å². The molecule has 19 heavy (non-hydrogen) atoms. The van der Waals surface area contributed by atoms with Gasteiger partial charge in [-0.05, 0) is 13.8 Å². The van der Waals surface area contributed by atoms with Gasteiger partial charge in [-0.15, -0.1) is 0 Å². The summed E-state index contributed by atoms with van der Waals surface area (Å²) in [5.74, 6) is 0.541. The Morgan fingerprint density at radius 3 is 2.89 bits per heavy atom. The first-order valence-corrected chi connectivity index (χ1v) is 6.01. The molecular weight excluding hydrogens is 246 g/mol. The van der Waals surface area contributed by atoms with Crippen molar-refractivity contribution in [3.63, 3.8) is 0 Å². The van der Waals surface area contributed by atoms with Crippen molar-refractivity contribution in [2.75, 3.05) is 17.6 Å². The molecule has 0 aromatic carbocycles. The third kappa shape index (κ3) is 4.09. The maximum absolute atomic E-state index is 5.60. The molecule has 0 saturated carbocycles. The summed E-state index contributed by atoms with van der Waals surface area (Å²) in [5, 5.41) is 3.07. The lowest BCUT2D eigenvalue weighted by molar-refractivity contribution is 0.222. The van der Waals surface area contributed by atoms with E-state index in [1.54, 1.807) is 12.5 Å². The van der Waals surface area contributed by atoms with Crippen LogP contribution in [0.15, 0.2) is 18.7 Å². The van der Waals surface area contributed by atoms with E-state index in [-0.39, 0.29) is 18.1 Å². The summed E-state index contributed by atoms with van der Waals surface area (Å²) >= 11 is 0. The Morgan fingerprint density at radius 1 is 1.37 bits per heavy atom. The summed E-state index contributed by atoms with van der Waals surface area (Å²) < 4.78 is 7.34. The topological polar surface area (TPSA) is 104 Å². The summed E-state index contributed by atoms with van der Waals surface area (Å²) in [5.41, 5.74) is 5.60. The van der Waals surface area contributed by atoms with Crippen LogP contribution in [0.5, 0.6) is 6.01 Å². The Kier molecular flexibility index (Phi) is 4.11. The van der Waals surface area contributed by atoms with E-state index < -0.39 is 0 Å². The molecule has 0 aliphatic carbocycles. The molecule has 0 amide bonds. The van der Waals surface area contributed by atoms with Crippen molar-refractivity contribution in [1.29, 1.82) is 0 Å². The van der Waals surface area contributed by atoms with Crippen molar-refractivity contribution in [3.05, 3.63) is 18.7 Å². The molecule has 0 radical (unpaired) electrons. The minimum absolute atomic E-state index is 0.0133. The second kappa shape index (κ2) is 5.98. The maximum Gasteiger partial charge on any atom is 0.323 e. The monoisotopic (exact) mass is 263 g/mol. The van der Waals surface area contributed by atoms with Crippen molar-refractivity contribution in [1.82, 2.24) is 24.5 Å². The van der Waals surface area contributed by atoms with Gasteiger partial charge in [0.1, 0.15) is 0 Å². The Bertz CT molecular complexity index is 512. The van der Waals surface area contributed by atoms with Gasteiger partial charge >= 0.3 is 6.01 Å². The highest BCUT2D eigenvalue weighted by atomic mass is 16.5. The average molecular weight is 263 g/mol. The molecule has 8 heteroatoms. The quantitative estimate of drug-likeness (QED) is 0.784. The second-order valence-electron chi connectivity index (χ2n) is 4.19. The smallest absolute Gasteiger partial charge is 0.323 e. The van der Waals surface area contributed by atoms with Gasteiger partial charge in [-0.3, -0.25) is 0 Å². The minimum atomic E-state index is -0.0133. The number of hydrogen-bond donors (Lipinski definition) is 2. The SMILES string of the molecule is CC(C)Oc1nc(N)nc(NCCn2ccnc2)n1. The first-order valence-electron chi connectivity index (χ1n) is 6.01. The first kappa shape index (κ1) is 13.1. The van der Waals surface area contributed by atoms with Crippen LogP contribution in [-0.4, -0.2) is 37.2 Å². The first-order chi connectivity index (χ1) is 9.13. The molecule has 2 aromatic rings. The fraction of sp³-hybridized carbons (Fsp3) is 0.455. The van der Waals surface area contributed by atoms with Crippen LogP contribution < -0.4 is 15.8 Å². The van der Waals surface area contributed by atoms with E-state index in [2.05, 4.69) is 25.3 Å². The van der Waals surface area contributed by atoms with Gasteiger partial charge in [0, 0.05) is 25.5 Å². The fourth-order valence-electron chi connectivity index (χ4n) is 1.43. The number of hydrogen-bond acceptors (Lipinski definition) is 7. The minimum Gasteiger partial charge on any atom is -0.461 e. The van der Waals surface area contributed by atoms with E-state index in [1.807, 2.05) is 24.6 Å². The standard InChI is InChI=1S/C11H17N7O/c1-8(2)19-11-16-9(12)15-10(17-11)14-4-6-18-5-3-13-7-18/h3,5,7-8H,4,6H2,1-2H3,(H3,12,14,15,16,17). The Hall–Kier alpha value is -2.38. The number of ether oxygens (including phenoxy) is 1. The normalized spacial score (nSPS) is 10.7. The van der Waals surface area contributed by atoms with Crippen molar-refractivity contribution in [3.8, 4) is 6.01 Å². The highest BCUT2D eigenvalue weighted by Crippen LogP contribution is 2.10. The van der Waals surface area contributed by atoms with Crippen LogP contribution in [0.2, 0.25) is 0 Å². The molecule has 2 rings (SSSR count). The molecule has 2 aromatic heterocycles. The number of nitrogen functional groups attached to an aromatic ring is 1. The van der Waals surface area contributed by atoms with Crippen LogP contribution in [0.4, 0.5) is 11.9 Å². The largest absolute Gasteiger partial charge is 0.461 e. The van der Waals surface area contributed by atoms with E-state index in [4.69, 9.17) is 10.5 Å². The molecule has 8 nitrogen and oxygen atoms in total. The zero-order valence-corrected chi connectivity index (χ0v) is 10.9. The number of nitrogens with zero attached hydrogens (tertiary/aromatic N) is 5. The van der Waals surface area contributed by atoms with Gasteiger partial charge in [-0.1, -0.05) is 0 Å². The summed E-state index contributed by atoms with van der Waals surface area (Å²) in [4.78, 5) is 16.0. The summed E-state index contributed by atoms with van der Waals surface area (Å²) in [7, 11) is 0. The Labute approximate surface area is 111 Å². The predicted octanol–water partition coefficient (Wildman–Crippen LogP) is 0.550. The van der Waals surface area contributed by atoms with Crippen LogP contribution in [-0.2, 0) is 6.54 Å². The molecule has 0 spiro atoms. The van der Waals surface area contributed by atoms with Crippen molar-refractivity contribution >= 4 is 11.9 Å². The van der Waals surface area contributed by atoms with Gasteiger partial charge in [0.2, 0.25) is 11.9 Å². The fourth-order valence-corrected chi connectivity index (χ4v) is 1.43. The number of aromatic nitrogens is 5. The summed E-state index contributed by atoms with van der Waals surface area (Å²) in [6.07, 6.45) is 5.35. The zero-order chi connectivity index (χ0) is 13.7. The third-order valence-electron chi connectivity index (χ3n) is 2.19. The molecule has 0 atom stereocenters. The van der Waals surface area contributed by atoms with Crippen LogP contribution in [0, 0.1) is 0 Å². The molecule has 0 saturated heterocycles. The number of nitrogens with one attached hydrogen (secondary N) is 1. The lowest BCUT2D eigenvalue weighted by atomic mass is 10.5. The van der Waals surface area contributed by atoms with Gasteiger partial charge in [0.25, 0.3) is 0 Å². The second-order valence-corrected chi connectivity index (χ2v) is 4.19. The van der Waals surface area contributed by atoms with Gasteiger partial charge < -0.3 is 20.4 Å². The summed E-state index contributed by atoms with van der Waals surface area (Å²) in [6, 6.07) is 0.229. The molecule has 2 heterocycles. The van der Waals surface area contributed by atoms with Gasteiger partial charge in [-0.2, -0.15) is 15.0 Å². The molecular formula is C11H17N7O. The maximum atomic E-state index is 5.60. The van der Waals surface area contributed by atoms with Gasteiger partial charge in [0.05, 0.1) is 12.4 Å². The molecule has 0 aliphatic heterocycles. The van der Waals surface area contributed by atoms with E-state index >= 15 is 0 Å². The number of nitrogens with two attached hydrogens (primary N) is 1. The summed E-state index contributed by atoms with van der Waals surface area (Å²) in [6.45, 7) is 5.20. The van der Waals surface area contributed by atoms with E-state index in [9.17, 15) is 0 Å². The van der Waals surface area contributed by atoms with Crippen LogP contribution >= 0.6 is 0 Å². The molecule has 0 fully saturated rings. The zero-order valence-electron chi connectivity index (χ0n) is 10.9. The molecule has 0 bridgehead atoms. The highest BCUT2D eigenvalue weighted by molar-refractivity contribution is 5.32. The lowest BCUT2D eigenvalue weighted by Crippen LogP contribution is -2.15. The van der Waals surface area contributed by atoms with Crippen LogP contribution in [0.1, 0.15) is 13.8 Å². The third-order valence-corrected chi connectivity index (χ3v) is 2.19. The molecule has 102 valence electrons. The molecule has 0 aliphatic rings. The highest BCUT2D eigenvalue weighted by Gasteiger charge is 2.06. The van der Waals surface area contributed by atoms with E-state index in [0.717, 1.165) is 6.54 Å².